The van der Waals surface area contributed by atoms with E-state index in [4.69, 9.17) is 18.9 Å². The van der Waals surface area contributed by atoms with Crippen LogP contribution >= 0.6 is 0 Å². The number of aliphatic hydroxyl groups excluding tert-OH is 4. The standard InChI is InChI=1S/C45H74O10/c1-3-5-7-9-11-13-15-17-19-21-23-25-27-29-31-33-40(47)52-36-38(37-53-45-44(51)43(50)42(49)39(35-46)55-45)54-41(48)34-32-30-28-26-24-22-20-18-16-14-12-10-8-6-4-2/h5-8,11-14,17-20,38-39,42-46,49-51H,3-4,9-10,15-16,21-37H2,1-2H3/b7-5+,8-6+,13-11+,14-12+,19-17+,20-18+/t38?,39-,42+,43+,44-,45-/m1/s1. The first-order chi connectivity index (χ1) is 26.8. The molecule has 4 N–H and O–H groups in total. The van der Waals surface area contributed by atoms with Gasteiger partial charge in [0.1, 0.15) is 31.0 Å². The molecule has 1 fully saturated rings. The van der Waals surface area contributed by atoms with Gasteiger partial charge < -0.3 is 39.4 Å². The van der Waals surface area contributed by atoms with Gasteiger partial charge in [0.25, 0.3) is 0 Å². The Labute approximate surface area is 332 Å². The van der Waals surface area contributed by atoms with Crippen molar-refractivity contribution in [3.8, 4) is 0 Å². The minimum Gasteiger partial charge on any atom is -0.462 e. The van der Waals surface area contributed by atoms with Crippen LogP contribution in [0.15, 0.2) is 72.9 Å². The van der Waals surface area contributed by atoms with Crippen molar-refractivity contribution in [1.29, 1.82) is 0 Å². The Bertz CT molecular complexity index is 1120. The Kier molecular flexibility index (Phi) is 32.4. The largest absolute Gasteiger partial charge is 0.462 e. The van der Waals surface area contributed by atoms with E-state index >= 15 is 0 Å². The molecule has 6 atom stereocenters. The van der Waals surface area contributed by atoms with Crippen LogP contribution in [0, 0.1) is 0 Å². The van der Waals surface area contributed by atoms with Crippen LogP contribution in [0.3, 0.4) is 0 Å². The maximum Gasteiger partial charge on any atom is 0.306 e. The first kappa shape index (κ1) is 50.2. The molecule has 10 heteroatoms. The van der Waals surface area contributed by atoms with E-state index in [1.807, 2.05) is 0 Å². The molecule has 1 aliphatic rings. The molecule has 1 rings (SSSR count). The van der Waals surface area contributed by atoms with Crippen LogP contribution in [0.1, 0.15) is 142 Å². The SMILES string of the molecule is CC/C=C/C/C=C/C/C=C/CCCCCCCC(=O)OCC(CO[C@@H]1O[C@H](CO)[C@H](O)[C@H](O)[C@H]1O)OC(=O)CCCCCCC/C=C/C/C=C/C/C=C/CC. The number of carbonyl (C=O) groups excluding carboxylic acids is 2. The van der Waals surface area contributed by atoms with Gasteiger partial charge >= 0.3 is 11.9 Å². The van der Waals surface area contributed by atoms with E-state index < -0.39 is 55.4 Å². The second kappa shape index (κ2) is 35.5. The molecular weight excluding hydrogens is 700 g/mol. The summed E-state index contributed by atoms with van der Waals surface area (Å²) in [7, 11) is 0. The molecule has 0 spiro atoms. The monoisotopic (exact) mass is 775 g/mol. The number of carbonyl (C=O) groups is 2. The van der Waals surface area contributed by atoms with Gasteiger partial charge in [-0.05, 0) is 77.0 Å². The fraction of sp³-hybridized carbons (Fsp3) is 0.689. The molecule has 1 heterocycles. The molecular formula is C45H74O10. The van der Waals surface area contributed by atoms with Gasteiger partial charge in [0.2, 0.25) is 0 Å². The van der Waals surface area contributed by atoms with E-state index in [2.05, 4.69) is 86.8 Å². The van der Waals surface area contributed by atoms with E-state index in [1.165, 1.54) is 0 Å². The van der Waals surface area contributed by atoms with Gasteiger partial charge in [-0.15, -0.1) is 0 Å². The second-order valence-electron chi connectivity index (χ2n) is 14.0. The van der Waals surface area contributed by atoms with E-state index in [0.717, 1.165) is 103 Å². The Hall–Kier alpha value is -2.86. The third-order valence-electron chi connectivity index (χ3n) is 9.09. The third-order valence-corrected chi connectivity index (χ3v) is 9.09. The van der Waals surface area contributed by atoms with Crippen molar-refractivity contribution in [2.24, 2.45) is 0 Å². The molecule has 55 heavy (non-hydrogen) atoms. The molecule has 0 amide bonds. The average molecular weight is 775 g/mol. The Morgan fingerprint density at radius 3 is 1.53 bits per heavy atom. The van der Waals surface area contributed by atoms with Crippen LogP contribution in [0.5, 0.6) is 0 Å². The fourth-order valence-corrected chi connectivity index (χ4v) is 5.80. The van der Waals surface area contributed by atoms with Crippen LogP contribution in [-0.4, -0.2) is 89.0 Å². The highest BCUT2D eigenvalue weighted by molar-refractivity contribution is 5.70. The highest BCUT2D eigenvalue weighted by atomic mass is 16.7. The zero-order valence-electron chi connectivity index (χ0n) is 33.9. The number of hydrogen-bond donors (Lipinski definition) is 4. The third kappa shape index (κ3) is 27.4. The van der Waals surface area contributed by atoms with Crippen molar-refractivity contribution < 1.29 is 49.0 Å². The highest BCUT2D eigenvalue weighted by Gasteiger charge is 2.44. The summed E-state index contributed by atoms with van der Waals surface area (Å²) in [5.41, 5.74) is 0. The van der Waals surface area contributed by atoms with Crippen molar-refractivity contribution in [1.82, 2.24) is 0 Å². The van der Waals surface area contributed by atoms with Crippen LogP contribution in [0.2, 0.25) is 0 Å². The molecule has 0 aromatic carbocycles. The summed E-state index contributed by atoms with van der Waals surface area (Å²) in [4.78, 5) is 25.3. The quantitative estimate of drug-likeness (QED) is 0.0291. The molecule has 0 aliphatic carbocycles. The molecule has 314 valence electrons. The first-order valence-electron chi connectivity index (χ1n) is 21.0. The molecule has 0 bridgehead atoms. The number of aliphatic hydroxyl groups is 4. The Morgan fingerprint density at radius 2 is 1.02 bits per heavy atom. The second-order valence-corrected chi connectivity index (χ2v) is 14.0. The lowest BCUT2D eigenvalue weighted by molar-refractivity contribution is -0.305. The number of ether oxygens (including phenoxy) is 4. The van der Waals surface area contributed by atoms with Gasteiger partial charge in [0.05, 0.1) is 13.2 Å². The lowest BCUT2D eigenvalue weighted by Gasteiger charge is -2.39. The van der Waals surface area contributed by atoms with Crippen molar-refractivity contribution in [2.45, 2.75) is 179 Å². The van der Waals surface area contributed by atoms with Crippen molar-refractivity contribution >= 4 is 11.9 Å². The van der Waals surface area contributed by atoms with Gasteiger partial charge in [-0.3, -0.25) is 9.59 Å². The molecule has 1 aliphatic heterocycles. The first-order valence-corrected chi connectivity index (χ1v) is 21.0. The zero-order chi connectivity index (χ0) is 40.2. The zero-order valence-corrected chi connectivity index (χ0v) is 33.9. The van der Waals surface area contributed by atoms with Gasteiger partial charge in [0.15, 0.2) is 12.4 Å². The number of rotatable bonds is 33. The van der Waals surface area contributed by atoms with Crippen LogP contribution in [0.4, 0.5) is 0 Å². The molecule has 1 saturated heterocycles. The number of esters is 2. The maximum atomic E-state index is 12.7. The smallest absolute Gasteiger partial charge is 0.306 e. The predicted molar refractivity (Wildman–Crippen MR) is 219 cm³/mol. The minimum atomic E-state index is -1.60. The number of hydrogen-bond acceptors (Lipinski definition) is 10. The lowest BCUT2D eigenvalue weighted by Crippen LogP contribution is -2.59. The Morgan fingerprint density at radius 1 is 0.564 bits per heavy atom. The normalized spacial score (nSPS) is 21.3. The van der Waals surface area contributed by atoms with Gasteiger partial charge in [-0.2, -0.15) is 0 Å². The van der Waals surface area contributed by atoms with Crippen LogP contribution in [-0.2, 0) is 28.5 Å². The molecule has 0 aromatic rings. The van der Waals surface area contributed by atoms with E-state index in [0.29, 0.717) is 12.8 Å². The highest BCUT2D eigenvalue weighted by Crippen LogP contribution is 2.22. The Balaban J connectivity index is 2.39. The summed E-state index contributed by atoms with van der Waals surface area (Å²) in [5, 5.41) is 40.0. The molecule has 0 radical (unpaired) electrons. The number of allylic oxidation sites excluding steroid dienone is 12. The summed E-state index contributed by atoms with van der Waals surface area (Å²) in [6, 6.07) is 0. The molecule has 1 unspecified atom stereocenters. The van der Waals surface area contributed by atoms with Crippen molar-refractivity contribution in [3.63, 3.8) is 0 Å². The van der Waals surface area contributed by atoms with Crippen LogP contribution in [0.25, 0.3) is 0 Å². The summed E-state index contributed by atoms with van der Waals surface area (Å²) in [5.74, 6) is -0.855. The summed E-state index contributed by atoms with van der Waals surface area (Å²) in [6.45, 7) is 3.14. The summed E-state index contributed by atoms with van der Waals surface area (Å²) < 4.78 is 22.1. The van der Waals surface area contributed by atoms with Gasteiger partial charge in [-0.1, -0.05) is 125 Å². The molecule has 10 nitrogen and oxygen atoms in total. The topological polar surface area (TPSA) is 152 Å². The number of unbranched alkanes of at least 4 members (excludes halogenated alkanes) is 10. The van der Waals surface area contributed by atoms with Crippen molar-refractivity contribution in [2.75, 3.05) is 19.8 Å². The fourth-order valence-electron chi connectivity index (χ4n) is 5.80. The van der Waals surface area contributed by atoms with Crippen LogP contribution < -0.4 is 0 Å². The van der Waals surface area contributed by atoms with Crippen molar-refractivity contribution in [3.05, 3.63) is 72.9 Å². The molecule has 0 aromatic heterocycles. The molecule has 0 saturated carbocycles. The van der Waals surface area contributed by atoms with E-state index in [1.54, 1.807) is 0 Å². The summed E-state index contributed by atoms with van der Waals surface area (Å²) in [6.07, 6.45) is 36.2. The van der Waals surface area contributed by atoms with E-state index in [-0.39, 0.29) is 26.1 Å². The van der Waals surface area contributed by atoms with Gasteiger partial charge in [-0.25, -0.2) is 0 Å². The predicted octanol–water partition coefficient (Wildman–Crippen LogP) is 8.44. The minimum absolute atomic E-state index is 0.202. The van der Waals surface area contributed by atoms with E-state index in [9.17, 15) is 30.0 Å². The summed E-state index contributed by atoms with van der Waals surface area (Å²) >= 11 is 0. The maximum absolute atomic E-state index is 12.7. The lowest BCUT2D eigenvalue weighted by atomic mass is 9.99. The van der Waals surface area contributed by atoms with Gasteiger partial charge in [0, 0.05) is 12.8 Å². The average Bonchev–Trinajstić information content (AvgIpc) is 3.18.